The maximum absolute atomic E-state index is 11.5. The zero-order chi connectivity index (χ0) is 22.7. The van der Waals surface area contributed by atoms with Crippen molar-refractivity contribution in [2.45, 2.75) is 38.4 Å². The average Bonchev–Trinajstić information content (AvgIpc) is 3.40. The molecule has 1 amide bonds. The minimum Gasteiger partial charge on any atom is -0.493 e. The number of hydrogen-bond donors (Lipinski definition) is 3. The first-order valence-corrected chi connectivity index (χ1v) is 10.6. The maximum Gasteiger partial charge on any atom is 0.222 e. The number of pyridine rings is 2. The van der Waals surface area contributed by atoms with Gasteiger partial charge in [0.15, 0.2) is 0 Å². The van der Waals surface area contributed by atoms with Crippen molar-refractivity contribution in [3.63, 3.8) is 0 Å². The van der Waals surface area contributed by atoms with E-state index in [0.29, 0.717) is 49.9 Å². The number of fused-ring (bicyclic) bond motifs is 1. The average molecular weight is 441 g/mol. The number of rotatable bonds is 8. The Bertz CT molecular complexity index is 1100. The third-order valence-electron chi connectivity index (χ3n) is 5.59. The molecule has 4 heterocycles. The van der Waals surface area contributed by atoms with Gasteiger partial charge >= 0.3 is 0 Å². The minimum atomic E-state index is -0.645. The highest BCUT2D eigenvalue weighted by atomic mass is 16.5. The quantitative estimate of drug-likeness (QED) is 0.493. The molecule has 3 aromatic rings. The van der Waals surface area contributed by atoms with Crippen LogP contribution in [0.2, 0.25) is 0 Å². The van der Waals surface area contributed by atoms with Gasteiger partial charge in [-0.1, -0.05) is 0 Å². The van der Waals surface area contributed by atoms with Gasteiger partial charge < -0.3 is 29.6 Å². The van der Waals surface area contributed by atoms with Gasteiger partial charge in [-0.25, -0.2) is 9.97 Å². The van der Waals surface area contributed by atoms with Crippen LogP contribution >= 0.6 is 0 Å². The Morgan fingerprint density at radius 1 is 1.41 bits per heavy atom. The second-order valence-corrected chi connectivity index (χ2v) is 8.06. The fourth-order valence-corrected chi connectivity index (χ4v) is 3.80. The van der Waals surface area contributed by atoms with Gasteiger partial charge in [0.1, 0.15) is 17.2 Å². The number of aliphatic hydroxyl groups is 1. The van der Waals surface area contributed by atoms with E-state index in [2.05, 4.69) is 15.3 Å². The molecule has 4 rings (SSSR count). The zero-order valence-electron chi connectivity index (χ0n) is 18.5. The SMILES string of the molecule is CO[C@@]1(c2cc(OCC[C@@H](C)O)cc(-c3c[nH]c4cnc(NC(C)=O)cc34)n2)CCOC1. The molecule has 3 N–H and O–H groups in total. The van der Waals surface area contributed by atoms with Crippen LogP contribution in [0.1, 0.15) is 32.4 Å². The number of hydrogen-bond acceptors (Lipinski definition) is 7. The highest BCUT2D eigenvalue weighted by molar-refractivity contribution is 5.97. The molecule has 1 fully saturated rings. The van der Waals surface area contributed by atoms with E-state index >= 15 is 0 Å². The lowest BCUT2D eigenvalue weighted by Crippen LogP contribution is -2.30. The van der Waals surface area contributed by atoms with E-state index in [4.69, 9.17) is 19.2 Å². The van der Waals surface area contributed by atoms with Crippen LogP contribution in [0.15, 0.2) is 30.6 Å². The van der Waals surface area contributed by atoms with Crippen LogP contribution in [-0.2, 0) is 19.9 Å². The fraction of sp³-hybridized carbons (Fsp3) is 0.435. The van der Waals surface area contributed by atoms with E-state index in [9.17, 15) is 9.90 Å². The molecule has 170 valence electrons. The Labute approximate surface area is 186 Å². The molecule has 0 bridgehead atoms. The summed E-state index contributed by atoms with van der Waals surface area (Å²) >= 11 is 0. The molecule has 0 saturated carbocycles. The number of carbonyl (C=O) groups is 1. The van der Waals surface area contributed by atoms with Crippen LogP contribution in [0.3, 0.4) is 0 Å². The lowest BCUT2D eigenvalue weighted by Gasteiger charge is -2.26. The van der Waals surface area contributed by atoms with Crippen LogP contribution in [-0.4, -0.2) is 59.0 Å². The number of ether oxygens (including phenoxy) is 3. The van der Waals surface area contributed by atoms with Crippen molar-refractivity contribution in [1.82, 2.24) is 15.0 Å². The molecule has 9 nitrogen and oxygen atoms in total. The molecule has 3 aromatic heterocycles. The van der Waals surface area contributed by atoms with E-state index in [-0.39, 0.29) is 5.91 Å². The Hall–Kier alpha value is -3.01. The molecule has 9 heteroatoms. The summed E-state index contributed by atoms with van der Waals surface area (Å²) in [5, 5.41) is 13.2. The number of amides is 1. The zero-order valence-corrected chi connectivity index (χ0v) is 18.5. The smallest absolute Gasteiger partial charge is 0.222 e. The van der Waals surface area contributed by atoms with Crippen molar-refractivity contribution >= 4 is 22.6 Å². The second kappa shape index (κ2) is 9.23. The summed E-state index contributed by atoms with van der Waals surface area (Å²) < 4.78 is 17.4. The van der Waals surface area contributed by atoms with Gasteiger partial charge in [-0.15, -0.1) is 0 Å². The first-order valence-electron chi connectivity index (χ1n) is 10.6. The summed E-state index contributed by atoms with van der Waals surface area (Å²) in [7, 11) is 1.66. The molecule has 0 spiro atoms. The topological polar surface area (TPSA) is 119 Å². The van der Waals surface area contributed by atoms with Gasteiger partial charge in [-0.3, -0.25) is 4.79 Å². The van der Waals surface area contributed by atoms with Crippen molar-refractivity contribution in [2.75, 3.05) is 32.2 Å². The van der Waals surface area contributed by atoms with Gasteiger partial charge in [0.05, 0.1) is 42.4 Å². The van der Waals surface area contributed by atoms with Crippen LogP contribution in [0.4, 0.5) is 5.82 Å². The lowest BCUT2D eigenvalue weighted by atomic mass is 9.96. The van der Waals surface area contributed by atoms with Crippen LogP contribution < -0.4 is 10.1 Å². The Morgan fingerprint density at radius 3 is 2.94 bits per heavy atom. The summed E-state index contributed by atoms with van der Waals surface area (Å²) in [4.78, 5) is 23.9. The predicted molar refractivity (Wildman–Crippen MR) is 120 cm³/mol. The Morgan fingerprint density at radius 2 is 2.25 bits per heavy atom. The van der Waals surface area contributed by atoms with Gasteiger partial charge in [-0.2, -0.15) is 0 Å². The van der Waals surface area contributed by atoms with E-state index in [1.165, 1.54) is 6.92 Å². The largest absolute Gasteiger partial charge is 0.493 e. The highest BCUT2D eigenvalue weighted by Gasteiger charge is 2.39. The number of aliphatic hydroxyl groups excluding tert-OH is 1. The normalized spacial score (nSPS) is 19.2. The predicted octanol–water partition coefficient (Wildman–Crippen LogP) is 3.00. The molecule has 1 saturated heterocycles. The van der Waals surface area contributed by atoms with Gasteiger partial charge in [-0.05, 0) is 13.0 Å². The van der Waals surface area contributed by atoms with E-state index in [1.54, 1.807) is 20.2 Å². The van der Waals surface area contributed by atoms with E-state index in [1.807, 2.05) is 24.4 Å². The number of carbonyl (C=O) groups excluding carboxylic acids is 1. The molecule has 0 aromatic carbocycles. The third kappa shape index (κ3) is 4.59. The van der Waals surface area contributed by atoms with Crippen molar-refractivity contribution in [3.8, 4) is 17.0 Å². The van der Waals surface area contributed by atoms with Gasteiger partial charge in [0.25, 0.3) is 0 Å². The Kier molecular flexibility index (Phi) is 6.40. The minimum absolute atomic E-state index is 0.189. The molecular weight excluding hydrogens is 412 g/mol. The molecule has 32 heavy (non-hydrogen) atoms. The number of aromatic nitrogens is 3. The van der Waals surface area contributed by atoms with Crippen molar-refractivity contribution in [3.05, 3.63) is 36.3 Å². The van der Waals surface area contributed by atoms with Gasteiger partial charge in [0, 0.05) is 62.8 Å². The lowest BCUT2D eigenvalue weighted by molar-refractivity contribution is -0.114. The van der Waals surface area contributed by atoms with Gasteiger partial charge in [0.2, 0.25) is 5.91 Å². The van der Waals surface area contributed by atoms with E-state index in [0.717, 1.165) is 22.2 Å². The van der Waals surface area contributed by atoms with Crippen molar-refractivity contribution < 1.29 is 24.1 Å². The number of nitrogens with zero attached hydrogens (tertiary/aromatic N) is 2. The number of aromatic amines is 1. The van der Waals surface area contributed by atoms with E-state index < -0.39 is 11.7 Å². The fourth-order valence-electron chi connectivity index (χ4n) is 3.80. The number of methoxy groups -OCH3 is 1. The number of H-pyrrole nitrogens is 1. The number of anilines is 1. The first-order chi connectivity index (χ1) is 15.4. The maximum atomic E-state index is 11.5. The summed E-state index contributed by atoms with van der Waals surface area (Å²) in [6.07, 6.45) is 4.30. The molecule has 0 unspecified atom stereocenters. The van der Waals surface area contributed by atoms with Crippen molar-refractivity contribution in [2.24, 2.45) is 0 Å². The van der Waals surface area contributed by atoms with Crippen LogP contribution in [0.25, 0.3) is 22.2 Å². The molecule has 2 atom stereocenters. The first kappa shape index (κ1) is 22.2. The van der Waals surface area contributed by atoms with Crippen molar-refractivity contribution in [1.29, 1.82) is 0 Å². The summed E-state index contributed by atoms with van der Waals surface area (Å²) in [6, 6.07) is 5.56. The standard InChI is InChI=1S/C23H28N4O5/c1-14(28)4-6-32-16-8-19(27-21(9-16)23(30-3)5-7-31-13-23)18-11-24-20-12-25-22(10-17(18)20)26-15(2)29/h8-12,14,24,28H,4-7,13H2,1-3H3,(H,25,26,29)/t14-,23+/m1/s1. The molecule has 1 aliphatic rings. The number of nitrogens with one attached hydrogen (secondary N) is 2. The second-order valence-electron chi connectivity index (χ2n) is 8.06. The monoisotopic (exact) mass is 440 g/mol. The molecule has 0 aliphatic carbocycles. The molecule has 0 radical (unpaired) electrons. The summed E-state index contributed by atoms with van der Waals surface area (Å²) in [6.45, 7) is 4.56. The third-order valence-corrected chi connectivity index (χ3v) is 5.59. The van der Waals surface area contributed by atoms with Crippen LogP contribution in [0, 0.1) is 0 Å². The highest BCUT2D eigenvalue weighted by Crippen LogP contribution is 2.37. The molecular formula is C23H28N4O5. The summed E-state index contributed by atoms with van der Waals surface area (Å²) in [5.74, 6) is 0.915. The summed E-state index contributed by atoms with van der Waals surface area (Å²) in [5.41, 5.74) is 2.45. The molecule has 1 aliphatic heterocycles. The van der Waals surface area contributed by atoms with Crippen LogP contribution in [0.5, 0.6) is 5.75 Å². The Balaban J connectivity index is 1.78.